The number of aliphatic imine (C=N–C) groups is 1. The molecule has 1 aromatic carbocycles. The molecule has 0 spiro atoms. The van der Waals surface area contributed by atoms with Crippen molar-refractivity contribution in [3.63, 3.8) is 0 Å². The number of rotatable bonds is 5. The van der Waals surface area contributed by atoms with Gasteiger partial charge in [-0.1, -0.05) is 12.1 Å². The third-order valence-corrected chi connectivity index (χ3v) is 4.70. The fourth-order valence-electron chi connectivity index (χ4n) is 2.51. The van der Waals surface area contributed by atoms with Gasteiger partial charge in [0.15, 0.2) is 11.7 Å². The number of nitrogens with one attached hydrogen (secondary N) is 2. The van der Waals surface area contributed by atoms with Gasteiger partial charge >= 0.3 is 6.18 Å². The molecule has 0 saturated heterocycles. The Morgan fingerprint density at radius 3 is 2.67 bits per heavy atom. The Balaban J connectivity index is 1.69. The van der Waals surface area contributed by atoms with Gasteiger partial charge in [0.25, 0.3) is 0 Å². The second-order valence-corrected chi connectivity index (χ2v) is 6.69. The van der Waals surface area contributed by atoms with Crippen molar-refractivity contribution in [2.45, 2.75) is 26.2 Å². The summed E-state index contributed by atoms with van der Waals surface area (Å²) in [6.07, 6.45) is -4.42. The molecule has 3 rings (SSSR count). The summed E-state index contributed by atoms with van der Waals surface area (Å²) in [6.45, 7) is 3.04. The number of halogens is 3. The summed E-state index contributed by atoms with van der Waals surface area (Å²) in [5, 5.41) is 7.44. The van der Waals surface area contributed by atoms with Crippen LogP contribution in [0.1, 0.15) is 23.4 Å². The lowest BCUT2D eigenvalue weighted by molar-refractivity contribution is -0.140. The predicted molar refractivity (Wildman–Crippen MR) is 99.5 cm³/mol. The Bertz CT molecular complexity index is 944. The highest BCUT2D eigenvalue weighted by Crippen LogP contribution is 2.29. The molecule has 0 fully saturated rings. The van der Waals surface area contributed by atoms with Crippen molar-refractivity contribution in [3.05, 3.63) is 46.2 Å². The quantitative estimate of drug-likeness (QED) is 0.513. The largest absolute Gasteiger partial charge is 0.434 e. The molecule has 0 saturated carbocycles. The highest BCUT2D eigenvalue weighted by molar-refractivity contribution is 7.09. The Hall–Kier alpha value is -2.62. The van der Waals surface area contributed by atoms with Crippen LogP contribution < -0.4 is 10.6 Å². The first-order chi connectivity index (χ1) is 12.9. The molecule has 0 atom stereocenters. The number of aromatic nitrogens is 3. The molecule has 0 bridgehead atoms. The zero-order valence-corrected chi connectivity index (χ0v) is 15.7. The minimum atomic E-state index is -4.42. The van der Waals surface area contributed by atoms with Crippen LogP contribution in [0.2, 0.25) is 0 Å². The van der Waals surface area contributed by atoms with Crippen molar-refractivity contribution < 1.29 is 13.2 Å². The van der Waals surface area contributed by atoms with Crippen LogP contribution in [0.15, 0.2) is 34.6 Å². The summed E-state index contributed by atoms with van der Waals surface area (Å²) in [7, 11) is 1.93. The Morgan fingerprint density at radius 2 is 2.00 bits per heavy atom. The number of alkyl halides is 3. The first-order valence-electron chi connectivity index (χ1n) is 8.32. The maximum Gasteiger partial charge on any atom is 0.434 e. The number of hydrogen-bond acceptors (Lipinski definition) is 4. The fraction of sp³-hybridized carbons (Fsp3) is 0.353. The molecular weight excluding hydrogens is 377 g/mol. The Morgan fingerprint density at radius 1 is 1.22 bits per heavy atom. The van der Waals surface area contributed by atoms with E-state index < -0.39 is 11.9 Å². The van der Waals surface area contributed by atoms with E-state index in [-0.39, 0.29) is 6.54 Å². The molecule has 6 nitrogen and oxygen atoms in total. The highest BCUT2D eigenvalue weighted by atomic mass is 32.1. The summed E-state index contributed by atoms with van der Waals surface area (Å²) in [5.41, 5.74) is 1.04. The van der Waals surface area contributed by atoms with Crippen molar-refractivity contribution in [1.29, 1.82) is 0 Å². The lowest BCUT2D eigenvalue weighted by Crippen LogP contribution is -2.36. The van der Waals surface area contributed by atoms with E-state index in [1.54, 1.807) is 0 Å². The Labute approximate surface area is 158 Å². The SMILES string of the molecule is CCNC(=NCc1nc2ccccc2n1C)NCc1nc(C(F)(F)F)cs1. The van der Waals surface area contributed by atoms with Crippen LogP contribution in [0.4, 0.5) is 13.2 Å². The van der Waals surface area contributed by atoms with Crippen LogP contribution >= 0.6 is 11.3 Å². The summed E-state index contributed by atoms with van der Waals surface area (Å²) in [5.74, 6) is 1.29. The number of fused-ring (bicyclic) bond motifs is 1. The molecule has 2 N–H and O–H groups in total. The third kappa shape index (κ3) is 4.57. The zero-order chi connectivity index (χ0) is 19.4. The molecular formula is C17H19F3N6S. The number of para-hydroxylation sites is 2. The van der Waals surface area contributed by atoms with E-state index >= 15 is 0 Å². The van der Waals surface area contributed by atoms with Gasteiger partial charge in [-0.25, -0.2) is 15.0 Å². The maximum atomic E-state index is 12.6. The molecule has 10 heteroatoms. The van der Waals surface area contributed by atoms with Crippen LogP contribution in [0, 0.1) is 0 Å². The maximum absolute atomic E-state index is 12.6. The first-order valence-corrected chi connectivity index (χ1v) is 9.20. The summed E-state index contributed by atoms with van der Waals surface area (Å²) >= 11 is 0.964. The van der Waals surface area contributed by atoms with E-state index in [1.165, 1.54) is 0 Å². The van der Waals surface area contributed by atoms with Gasteiger partial charge < -0.3 is 15.2 Å². The van der Waals surface area contributed by atoms with Crippen molar-refractivity contribution in [3.8, 4) is 0 Å². The number of guanidine groups is 1. The van der Waals surface area contributed by atoms with E-state index in [0.29, 0.717) is 24.1 Å². The molecule has 0 aliphatic rings. The normalized spacial score (nSPS) is 12.6. The lowest BCUT2D eigenvalue weighted by atomic mass is 10.3. The van der Waals surface area contributed by atoms with Crippen LogP contribution in [-0.4, -0.2) is 27.0 Å². The zero-order valence-electron chi connectivity index (χ0n) is 14.8. The molecule has 2 aromatic heterocycles. The van der Waals surface area contributed by atoms with E-state index in [1.807, 2.05) is 42.8 Å². The number of aryl methyl sites for hydroxylation is 1. The van der Waals surface area contributed by atoms with Gasteiger partial charge in [-0.2, -0.15) is 13.2 Å². The number of imidazole rings is 1. The standard InChI is InChI=1S/C17H19F3N6S/c1-3-21-16(23-9-15-25-13(10-27-15)17(18,19)20)22-8-14-24-11-6-4-5-7-12(11)26(14)2/h4-7,10H,3,8-9H2,1-2H3,(H2,21,22,23). The van der Waals surface area contributed by atoms with Crippen molar-refractivity contribution in [1.82, 2.24) is 25.2 Å². The van der Waals surface area contributed by atoms with Crippen molar-refractivity contribution in [2.24, 2.45) is 12.0 Å². The van der Waals surface area contributed by atoms with Gasteiger partial charge in [0.05, 0.1) is 17.6 Å². The van der Waals surface area contributed by atoms with Gasteiger partial charge in [0, 0.05) is 19.0 Å². The molecule has 0 aliphatic heterocycles. The average Bonchev–Trinajstić information content (AvgIpc) is 3.23. The minimum Gasteiger partial charge on any atom is -0.357 e. The second-order valence-electron chi connectivity index (χ2n) is 5.75. The van der Waals surface area contributed by atoms with E-state index in [9.17, 15) is 13.2 Å². The minimum absolute atomic E-state index is 0.162. The molecule has 2 heterocycles. The summed E-state index contributed by atoms with van der Waals surface area (Å²) in [4.78, 5) is 12.6. The molecule has 0 radical (unpaired) electrons. The number of thiazole rings is 1. The smallest absolute Gasteiger partial charge is 0.357 e. The third-order valence-electron chi connectivity index (χ3n) is 3.85. The van der Waals surface area contributed by atoms with Gasteiger partial charge in [0.2, 0.25) is 0 Å². The van der Waals surface area contributed by atoms with E-state index in [2.05, 4.69) is 25.6 Å². The summed E-state index contributed by atoms with van der Waals surface area (Å²) in [6, 6.07) is 7.80. The fourth-order valence-corrected chi connectivity index (χ4v) is 3.25. The van der Waals surface area contributed by atoms with Crippen LogP contribution in [0.3, 0.4) is 0 Å². The molecule has 0 amide bonds. The molecule has 144 valence electrons. The van der Waals surface area contributed by atoms with Crippen LogP contribution in [0.5, 0.6) is 0 Å². The van der Waals surface area contributed by atoms with E-state index in [4.69, 9.17) is 0 Å². The number of hydrogen-bond donors (Lipinski definition) is 2. The molecule has 0 aliphatic carbocycles. The average molecular weight is 396 g/mol. The highest BCUT2D eigenvalue weighted by Gasteiger charge is 2.33. The number of nitrogens with zero attached hydrogens (tertiary/aromatic N) is 4. The second kappa shape index (κ2) is 7.95. The van der Waals surface area contributed by atoms with Gasteiger partial charge in [-0.15, -0.1) is 11.3 Å². The van der Waals surface area contributed by atoms with E-state index in [0.717, 1.165) is 33.6 Å². The Kier molecular flexibility index (Phi) is 5.64. The first kappa shape index (κ1) is 19.2. The van der Waals surface area contributed by atoms with Crippen molar-refractivity contribution in [2.75, 3.05) is 6.54 Å². The van der Waals surface area contributed by atoms with Crippen LogP contribution in [-0.2, 0) is 26.3 Å². The number of benzene rings is 1. The summed E-state index contributed by atoms with van der Waals surface area (Å²) < 4.78 is 39.9. The van der Waals surface area contributed by atoms with Crippen molar-refractivity contribution >= 4 is 28.3 Å². The molecule has 27 heavy (non-hydrogen) atoms. The van der Waals surface area contributed by atoms with Gasteiger partial charge in [0.1, 0.15) is 17.4 Å². The monoisotopic (exact) mass is 396 g/mol. The van der Waals surface area contributed by atoms with Crippen LogP contribution in [0.25, 0.3) is 11.0 Å². The van der Waals surface area contributed by atoms with Gasteiger partial charge in [-0.3, -0.25) is 0 Å². The lowest BCUT2D eigenvalue weighted by Gasteiger charge is -2.10. The predicted octanol–water partition coefficient (Wildman–Crippen LogP) is 3.30. The van der Waals surface area contributed by atoms with Gasteiger partial charge in [-0.05, 0) is 19.1 Å². The molecule has 0 unspecified atom stereocenters. The topological polar surface area (TPSA) is 67.1 Å². The molecule has 3 aromatic rings.